The van der Waals surface area contributed by atoms with Crippen molar-refractivity contribution in [3.63, 3.8) is 0 Å². The lowest BCUT2D eigenvalue weighted by atomic mass is 9.80. The topological polar surface area (TPSA) is 46.5 Å². The highest BCUT2D eigenvalue weighted by Gasteiger charge is 2.46. The highest BCUT2D eigenvalue weighted by molar-refractivity contribution is 7.86. The molecule has 4 heteroatoms. The number of fused-ring (bicyclic) bond motifs is 3. The molecule has 2 aliphatic rings. The fourth-order valence-corrected chi connectivity index (χ4v) is 6.38. The van der Waals surface area contributed by atoms with Crippen molar-refractivity contribution in [1.82, 2.24) is 0 Å². The van der Waals surface area contributed by atoms with E-state index in [1.54, 1.807) is 7.11 Å². The third-order valence-electron chi connectivity index (χ3n) is 5.42. The maximum absolute atomic E-state index is 12.4. The van der Waals surface area contributed by atoms with Gasteiger partial charge in [-0.1, -0.05) is 24.6 Å². The molecule has 4 rings (SSSR count). The molecule has 0 saturated carbocycles. The van der Waals surface area contributed by atoms with Crippen LogP contribution in [0.15, 0.2) is 36.4 Å². The summed E-state index contributed by atoms with van der Waals surface area (Å²) < 4.78 is 17.7. The van der Waals surface area contributed by atoms with E-state index in [2.05, 4.69) is 6.07 Å². The van der Waals surface area contributed by atoms with Crippen LogP contribution in [0.3, 0.4) is 0 Å². The SMILES string of the molecule is COc1ccc2cc(C3(O)CC4CCCC(C3)S4=O)ccc2c1. The van der Waals surface area contributed by atoms with Gasteiger partial charge in [0.1, 0.15) is 5.75 Å². The molecule has 3 nitrogen and oxygen atoms in total. The summed E-state index contributed by atoms with van der Waals surface area (Å²) in [5, 5.41) is 13.8. The van der Waals surface area contributed by atoms with Crippen molar-refractivity contribution in [2.45, 2.75) is 48.2 Å². The Labute approximate surface area is 139 Å². The molecule has 2 aliphatic heterocycles. The van der Waals surface area contributed by atoms with E-state index >= 15 is 0 Å². The molecule has 2 fully saturated rings. The van der Waals surface area contributed by atoms with Gasteiger partial charge < -0.3 is 9.84 Å². The van der Waals surface area contributed by atoms with Crippen LogP contribution in [0.4, 0.5) is 0 Å². The molecule has 0 amide bonds. The predicted molar refractivity (Wildman–Crippen MR) is 93.2 cm³/mol. The van der Waals surface area contributed by atoms with Crippen LogP contribution in [0, 0.1) is 0 Å². The largest absolute Gasteiger partial charge is 0.497 e. The van der Waals surface area contributed by atoms with Gasteiger partial charge in [0, 0.05) is 21.3 Å². The molecule has 0 spiro atoms. The minimum atomic E-state index is -0.836. The quantitative estimate of drug-likeness (QED) is 0.917. The standard InChI is InChI=1S/C19H22O3S/c1-22-16-8-6-13-9-15(7-5-14(13)10-16)19(20)11-17-3-2-4-18(12-19)23(17)21/h5-10,17-18,20H,2-4,11-12H2,1H3. The van der Waals surface area contributed by atoms with Crippen LogP contribution in [0.1, 0.15) is 37.7 Å². The number of methoxy groups -OCH3 is 1. The smallest absolute Gasteiger partial charge is 0.119 e. The van der Waals surface area contributed by atoms with Crippen LogP contribution in [-0.4, -0.2) is 26.9 Å². The van der Waals surface area contributed by atoms with Crippen molar-refractivity contribution >= 4 is 21.6 Å². The third-order valence-corrected chi connectivity index (χ3v) is 7.54. The molecule has 0 aromatic heterocycles. The lowest BCUT2D eigenvalue weighted by Crippen LogP contribution is -2.47. The molecule has 2 unspecified atom stereocenters. The van der Waals surface area contributed by atoms with Gasteiger partial charge >= 0.3 is 0 Å². The number of rotatable bonds is 2. The van der Waals surface area contributed by atoms with Crippen LogP contribution in [-0.2, 0) is 16.4 Å². The molecule has 1 N–H and O–H groups in total. The van der Waals surface area contributed by atoms with Gasteiger partial charge in [-0.25, -0.2) is 0 Å². The highest BCUT2D eigenvalue weighted by Crippen LogP contribution is 2.44. The van der Waals surface area contributed by atoms with E-state index in [1.165, 1.54) is 0 Å². The monoisotopic (exact) mass is 330 g/mol. The summed E-state index contributed by atoms with van der Waals surface area (Å²) in [4.78, 5) is 0. The summed E-state index contributed by atoms with van der Waals surface area (Å²) in [5.74, 6) is 0.839. The molecular weight excluding hydrogens is 308 g/mol. The van der Waals surface area contributed by atoms with Crippen LogP contribution in [0.25, 0.3) is 10.8 Å². The highest BCUT2D eigenvalue weighted by atomic mass is 32.2. The Morgan fingerprint density at radius 3 is 2.43 bits per heavy atom. The summed E-state index contributed by atoms with van der Waals surface area (Å²) in [5.41, 5.74) is 0.126. The first kappa shape index (κ1) is 15.2. The van der Waals surface area contributed by atoms with Gasteiger partial charge in [-0.2, -0.15) is 0 Å². The van der Waals surface area contributed by atoms with Crippen molar-refractivity contribution in [3.8, 4) is 5.75 Å². The van der Waals surface area contributed by atoms with Gasteiger partial charge in [-0.3, -0.25) is 4.21 Å². The fraction of sp³-hybridized carbons (Fsp3) is 0.474. The molecule has 0 radical (unpaired) electrons. The Kier molecular flexibility index (Phi) is 3.69. The van der Waals surface area contributed by atoms with E-state index in [1.807, 2.05) is 30.3 Å². The van der Waals surface area contributed by atoms with Gasteiger partial charge in [0.15, 0.2) is 0 Å². The summed E-state index contributed by atoms with van der Waals surface area (Å²) in [6.45, 7) is 0. The second-order valence-corrected chi connectivity index (χ2v) is 8.86. The van der Waals surface area contributed by atoms with E-state index < -0.39 is 16.4 Å². The number of benzene rings is 2. The van der Waals surface area contributed by atoms with E-state index in [0.717, 1.165) is 41.3 Å². The first-order chi connectivity index (χ1) is 11.1. The number of hydrogen-bond acceptors (Lipinski definition) is 3. The fourth-order valence-electron chi connectivity index (χ4n) is 4.16. The molecule has 2 bridgehead atoms. The first-order valence-electron chi connectivity index (χ1n) is 8.29. The molecule has 2 heterocycles. The van der Waals surface area contributed by atoms with Crippen molar-refractivity contribution in [1.29, 1.82) is 0 Å². The number of hydrogen-bond donors (Lipinski definition) is 1. The van der Waals surface area contributed by atoms with E-state index in [-0.39, 0.29) is 10.5 Å². The minimum absolute atomic E-state index is 0.152. The Morgan fingerprint density at radius 1 is 1.09 bits per heavy atom. The Hall–Kier alpha value is -1.39. The average Bonchev–Trinajstić information content (AvgIpc) is 2.55. The molecule has 0 aliphatic carbocycles. The van der Waals surface area contributed by atoms with Crippen molar-refractivity contribution in [2.75, 3.05) is 7.11 Å². The molecule has 23 heavy (non-hydrogen) atoms. The van der Waals surface area contributed by atoms with E-state index in [4.69, 9.17) is 4.74 Å². The molecule has 2 aromatic rings. The molecule has 2 aromatic carbocycles. The van der Waals surface area contributed by atoms with E-state index in [9.17, 15) is 9.32 Å². The van der Waals surface area contributed by atoms with Crippen molar-refractivity contribution in [3.05, 3.63) is 42.0 Å². The van der Waals surface area contributed by atoms with Gasteiger partial charge in [0.05, 0.1) is 12.7 Å². The van der Waals surface area contributed by atoms with Crippen LogP contribution < -0.4 is 4.74 Å². The third kappa shape index (κ3) is 2.58. The van der Waals surface area contributed by atoms with Gasteiger partial charge in [-0.15, -0.1) is 0 Å². The lowest BCUT2D eigenvalue weighted by molar-refractivity contribution is 0.00666. The second-order valence-electron chi connectivity index (χ2n) is 6.87. The van der Waals surface area contributed by atoms with Crippen molar-refractivity contribution < 1.29 is 14.1 Å². The number of ether oxygens (including phenoxy) is 1. The molecular formula is C19H22O3S. The molecule has 2 saturated heterocycles. The zero-order valence-electron chi connectivity index (χ0n) is 13.3. The Morgan fingerprint density at radius 2 is 1.74 bits per heavy atom. The van der Waals surface area contributed by atoms with Crippen LogP contribution >= 0.6 is 0 Å². The lowest BCUT2D eigenvalue weighted by Gasteiger charge is -2.43. The first-order valence-corrected chi connectivity index (χ1v) is 9.57. The normalized spacial score (nSPS) is 33.6. The van der Waals surface area contributed by atoms with Crippen molar-refractivity contribution in [2.24, 2.45) is 0 Å². The maximum Gasteiger partial charge on any atom is 0.119 e. The summed E-state index contributed by atoms with van der Waals surface area (Å²) in [6, 6.07) is 12.1. The average molecular weight is 330 g/mol. The minimum Gasteiger partial charge on any atom is -0.497 e. The van der Waals surface area contributed by atoms with Gasteiger partial charge in [0.2, 0.25) is 0 Å². The predicted octanol–water partition coefficient (Wildman–Crippen LogP) is 3.50. The maximum atomic E-state index is 12.4. The zero-order valence-corrected chi connectivity index (χ0v) is 14.1. The summed E-state index contributed by atoms with van der Waals surface area (Å²) in [7, 11) is 0.901. The van der Waals surface area contributed by atoms with E-state index in [0.29, 0.717) is 12.8 Å². The Balaban J connectivity index is 1.72. The number of aliphatic hydroxyl groups is 1. The van der Waals surface area contributed by atoms with Crippen LogP contribution in [0.5, 0.6) is 5.75 Å². The van der Waals surface area contributed by atoms with Gasteiger partial charge in [0.25, 0.3) is 0 Å². The Bertz CT molecular complexity index is 754. The molecule has 2 atom stereocenters. The summed E-state index contributed by atoms with van der Waals surface area (Å²) in [6.07, 6.45) is 4.36. The van der Waals surface area contributed by atoms with Gasteiger partial charge in [-0.05, 0) is 60.2 Å². The summed E-state index contributed by atoms with van der Waals surface area (Å²) >= 11 is 0. The zero-order chi connectivity index (χ0) is 16.0. The second kappa shape index (κ2) is 5.60. The molecule has 122 valence electrons. The van der Waals surface area contributed by atoms with Crippen LogP contribution in [0.2, 0.25) is 0 Å².